The van der Waals surface area contributed by atoms with E-state index in [-0.39, 0.29) is 17.7 Å². The number of hydrogen-bond acceptors (Lipinski definition) is 3. The molecule has 0 aromatic heterocycles. The molecule has 0 amide bonds. The third-order valence-electron chi connectivity index (χ3n) is 3.90. The summed E-state index contributed by atoms with van der Waals surface area (Å²) in [6.07, 6.45) is 1.84. The van der Waals surface area contributed by atoms with Gasteiger partial charge in [-0.15, -0.1) is 0 Å². The zero-order chi connectivity index (χ0) is 14.8. The molecular weight excluding hydrogens is 279 g/mol. The van der Waals surface area contributed by atoms with Crippen molar-refractivity contribution in [3.8, 4) is 0 Å². The van der Waals surface area contributed by atoms with Crippen molar-refractivity contribution in [3.05, 3.63) is 35.6 Å². The monoisotopic (exact) mass is 300 g/mol. The van der Waals surface area contributed by atoms with Crippen molar-refractivity contribution in [3.63, 3.8) is 0 Å². The molecule has 2 atom stereocenters. The van der Waals surface area contributed by atoms with Crippen molar-refractivity contribution in [1.82, 2.24) is 4.31 Å². The normalized spacial score (nSPS) is 24.8. The van der Waals surface area contributed by atoms with E-state index in [1.807, 2.05) is 6.92 Å². The van der Waals surface area contributed by atoms with Crippen LogP contribution in [0.3, 0.4) is 0 Å². The van der Waals surface area contributed by atoms with Crippen molar-refractivity contribution in [2.24, 2.45) is 11.7 Å². The summed E-state index contributed by atoms with van der Waals surface area (Å²) in [5.74, 6) is -0.329. The van der Waals surface area contributed by atoms with E-state index in [4.69, 9.17) is 5.73 Å². The quantitative estimate of drug-likeness (QED) is 0.921. The topological polar surface area (TPSA) is 63.4 Å². The Hall–Kier alpha value is -0.980. The van der Waals surface area contributed by atoms with E-state index in [9.17, 15) is 12.8 Å². The first-order chi connectivity index (χ1) is 9.44. The van der Waals surface area contributed by atoms with Crippen LogP contribution >= 0.6 is 0 Å². The number of nitrogens with two attached hydrogens (primary N) is 1. The van der Waals surface area contributed by atoms with Crippen LogP contribution in [-0.4, -0.2) is 31.9 Å². The van der Waals surface area contributed by atoms with Gasteiger partial charge in [0.2, 0.25) is 10.0 Å². The Morgan fingerprint density at radius 2 is 2.20 bits per heavy atom. The molecule has 1 aliphatic heterocycles. The molecule has 2 N–H and O–H groups in total. The Morgan fingerprint density at radius 3 is 2.85 bits per heavy atom. The first kappa shape index (κ1) is 15.4. The highest BCUT2D eigenvalue weighted by Gasteiger charge is 2.35. The van der Waals surface area contributed by atoms with Gasteiger partial charge < -0.3 is 5.73 Å². The number of halogens is 1. The molecule has 20 heavy (non-hydrogen) atoms. The average molecular weight is 300 g/mol. The second-order valence-electron chi connectivity index (χ2n) is 5.42. The van der Waals surface area contributed by atoms with Crippen LogP contribution in [-0.2, 0) is 15.8 Å². The van der Waals surface area contributed by atoms with Crippen molar-refractivity contribution in [2.45, 2.75) is 31.6 Å². The van der Waals surface area contributed by atoms with Crippen LogP contribution < -0.4 is 5.73 Å². The first-order valence-electron chi connectivity index (χ1n) is 6.88. The standard InChI is InChI=1S/C14H21FN2O2S/c1-11-4-3-7-17(14(11)9-16)20(18,19)10-12-5-2-6-13(15)8-12/h2,5-6,8,11,14H,3-4,7,9-10,16H2,1H3/t11-,14-/m1/s1. The van der Waals surface area contributed by atoms with E-state index < -0.39 is 15.8 Å². The highest BCUT2D eigenvalue weighted by Crippen LogP contribution is 2.26. The van der Waals surface area contributed by atoms with Gasteiger partial charge in [-0.25, -0.2) is 12.8 Å². The SMILES string of the molecule is C[C@@H]1CCCN(S(=O)(=O)Cc2cccc(F)c2)[C@@H]1CN. The number of rotatable bonds is 4. The third-order valence-corrected chi connectivity index (χ3v) is 5.77. The number of hydrogen-bond donors (Lipinski definition) is 1. The molecule has 1 saturated heterocycles. The summed E-state index contributed by atoms with van der Waals surface area (Å²) in [6.45, 7) is 2.86. The molecule has 0 aliphatic carbocycles. The molecule has 0 spiro atoms. The molecule has 1 aromatic carbocycles. The number of piperidine rings is 1. The van der Waals surface area contributed by atoms with Gasteiger partial charge >= 0.3 is 0 Å². The van der Waals surface area contributed by atoms with Crippen LogP contribution in [0.25, 0.3) is 0 Å². The lowest BCUT2D eigenvalue weighted by atomic mass is 9.93. The van der Waals surface area contributed by atoms with E-state index >= 15 is 0 Å². The summed E-state index contributed by atoms with van der Waals surface area (Å²) in [6, 6.07) is 5.58. The molecule has 4 nitrogen and oxygen atoms in total. The minimum atomic E-state index is -3.46. The fourth-order valence-corrected chi connectivity index (χ4v) is 4.71. The summed E-state index contributed by atoms with van der Waals surface area (Å²) in [4.78, 5) is 0. The predicted molar refractivity (Wildman–Crippen MR) is 77.0 cm³/mol. The summed E-state index contributed by atoms with van der Waals surface area (Å²) < 4.78 is 39.7. The maximum Gasteiger partial charge on any atom is 0.218 e. The van der Waals surface area contributed by atoms with Gasteiger partial charge in [-0.3, -0.25) is 0 Å². The van der Waals surface area contributed by atoms with Gasteiger partial charge in [-0.2, -0.15) is 4.31 Å². The number of nitrogens with zero attached hydrogens (tertiary/aromatic N) is 1. The van der Waals surface area contributed by atoms with Crippen molar-refractivity contribution in [2.75, 3.05) is 13.1 Å². The third kappa shape index (κ3) is 3.37. The highest BCUT2D eigenvalue weighted by atomic mass is 32.2. The lowest BCUT2D eigenvalue weighted by molar-refractivity contribution is 0.192. The molecule has 0 bridgehead atoms. The van der Waals surface area contributed by atoms with Crippen molar-refractivity contribution >= 4 is 10.0 Å². The molecule has 6 heteroatoms. The highest BCUT2D eigenvalue weighted by molar-refractivity contribution is 7.88. The lowest BCUT2D eigenvalue weighted by Crippen LogP contribution is -2.51. The molecule has 1 fully saturated rings. The van der Waals surface area contributed by atoms with Gasteiger partial charge in [0.05, 0.1) is 5.75 Å². The molecule has 1 aliphatic rings. The largest absolute Gasteiger partial charge is 0.329 e. The Kier molecular flexibility index (Phi) is 4.78. The minimum Gasteiger partial charge on any atom is -0.329 e. The number of benzene rings is 1. The van der Waals surface area contributed by atoms with E-state index in [0.29, 0.717) is 18.7 Å². The number of sulfonamides is 1. The van der Waals surface area contributed by atoms with Crippen molar-refractivity contribution in [1.29, 1.82) is 0 Å². The Bertz CT molecular complexity index is 562. The van der Waals surface area contributed by atoms with Crippen LogP contribution in [0.5, 0.6) is 0 Å². The summed E-state index contributed by atoms with van der Waals surface area (Å²) in [5, 5.41) is 0. The Labute approximate surface area is 119 Å². The van der Waals surface area contributed by atoms with Crippen LogP contribution in [0.4, 0.5) is 4.39 Å². The summed E-state index contributed by atoms with van der Waals surface area (Å²) >= 11 is 0. The van der Waals surface area contributed by atoms with Crippen LogP contribution in [0.1, 0.15) is 25.3 Å². The summed E-state index contributed by atoms with van der Waals surface area (Å²) in [7, 11) is -3.46. The van der Waals surface area contributed by atoms with Crippen LogP contribution in [0.15, 0.2) is 24.3 Å². The van der Waals surface area contributed by atoms with Gasteiger partial charge in [0.1, 0.15) is 5.82 Å². The lowest BCUT2D eigenvalue weighted by Gasteiger charge is -2.38. The predicted octanol–water partition coefficient (Wildman–Crippen LogP) is 1.71. The molecular formula is C14H21FN2O2S. The van der Waals surface area contributed by atoms with Gasteiger partial charge in [0.15, 0.2) is 0 Å². The Morgan fingerprint density at radius 1 is 1.45 bits per heavy atom. The van der Waals surface area contributed by atoms with Crippen LogP contribution in [0.2, 0.25) is 0 Å². The van der Waals surface area contributed by atoms with Gasteiger partial charge in [-0.1, -0.05) is 19.1 Å². The van der Waals surface area contributed by atoms with Crippen molar-refractivity contribution < 1.29 is 12.8 Å². The molecule has 0 radical (unpaired) electrons. The Balaban J connectivity index is 2.21. The zero-order valence-electron chi connectivity index (χ0n) is 11.6. The first-order valence-corrected chi connectivity index (χ1v) is 8.49. The molecule has 0 unspecified atom stereocenters. The van der Waals surface area contributed by atoms with Crippen LogP contribution in [0, 0.1) is 11.7 Å². The smallest absolute Gasteiger partial charge is 0.218 e. The fourth-order valence-electron chi connectivity index (χ4n) is 2.83. The van der Waals surface area contributed by atoms with Gasteiger partial charge in [0.25, 0.3) is 0 Å². The molecule has 112 valence electrons. The molecule has 2 rings (SSSR count). The molecule has 1 aromatic rings. The average Bonchev–Trinajstić information content (AvgIpc) is 2.38. The summed E-state index contributed by atoms with van der Waals surface area (Å²) in [5.41, 5.74) is 6.20. The van der Waals surface area contributed by atoms with Gasteiger partial charge in [0, 0.05) is 19.1 Å². The van der Waals surface area contributed by atoms with E-state index in [0.717, 1.165) is 12.8 Å². The minimum absolute atomic E-state index is 0.151. The maximum atomic E-state index is 13.2. The van der Waals surface area contributed by atoms with E-state index in [1.54, 1.807) is 6.07 Å². The molecule has 0 saturated carbocycles. The van der Waals surface area contributed by atoms with Gasteiger partial charge in [-0.05, 0) is 36.5 Å². The fraction of sp³-hybridized carbons (Fsp3) is 0.571. The van der Waals surface area contributed by atoms with E-state index in [2.05, 4.69) is 0 Å². The second-order valence-corrected chi connectivity index (χ2v) is 7.34. The zero-order valence-corrected chi connectivity index (χ0v) is 12.4. The van der Waals surface area contributed by atoms with E-state index in [1.165, 1.54) is 22.5 Å². The second kappa shape index (κ2) is 6.20. The maximum absolute atomic E-state index is 13.2. The molecule has 1 heterocycles.